The molecule has 5 N–H and O–H groups in total. The lowest BCUT2D eigenvalue weighted by atomic mass is 10.1. The number of amides is 2. The first-order chi connectivity index (χ1) is 19.8. The predicted octanol–water partition coefficient (Wildman–Crippen LogP) is 6.88. The van der Waals surface area contributed by atoms with Crippen molar-refractivity contribution < 1.29 is 27.9 Å². The van der Waals surface area contributed by atoms with Crippen molar-refractivity contribution in [1.82, 2.24) is 19.9 Å². The van der Waals surface area contributed by atoms with Gasteiger partial charge < -0.3 is 26.4 Å². The molecule has 220 valence electrons. The van der Waals surface area contributed by atoms with Crippen molar-refractivity contribution in [3.63, 3.8) is 0 Å². The molecule has 16 heteroatoms. The van der Waals surface area contributed by atoms with E-state index < -0.39 is 34.8 Å². The van der Waals surface area contributed by atoms with Crippen LogP contribution >= 0.6 is 22.9 Å². The van der Waals surface area contributed by atoms with Crippen molar-refractivity contribution in [2.45, 2.75) is 33.0 Å². The minimum absolute atomic E-state index is 0.0319. The zero-order chi connectivity index (χ0) is 30.6. The lowest BCUT2D eigenvalue weighted by Crippen LogP contribution is -2.35. The van der Waals surface area contributed by atoms with Crippen LogP contribution in [0.25, 0.3) is 10.7 Å². The van der Waals surface area contributed by atoms with Gasteiger partial charge >= 0.3 is 18.2 Å². The van der Waals surface area contributed by atoms with E-state index >= 15 is 0 Å². The maximum absolute atomic E-state index is 13.2. The van der Waals surface area contributed by atoms with Crippen LogP contribution in [-0.4, -0.2) is 43.1 Å². The first-order valence-electron chi connectivity index (χ1n) is 12.3. The van der Waals surface area contributed by atoms with Crippen LogP contribution < -0.4 is 21.3 Å². The Morgan fingerprint density at radius 2 is 1.67 bits per heavy atom. The molecule has 2 heterocycles. The Morgan fingerprint density at radius 3 is 2.29 bits per heavy atom. The molecule has 0 aliphatic rings. The van der Waals surface area contributed by atoms with E-state index in [0.29, 0.717) is 16.3 Å². The summed E-state index contributed by atoms with van der Waals surface area (Å²) in [5, 5.41) is 19.9. The number of benzene rings is 2. The molecule has 0 spiro atoms. The molecule has 2 amide bonds. The lowest BCUT2D eigenvalue weighted by Gasteiger charge is -2.18. The number of aliphatic carboxylic acids is 1. The number of carbonyl (C=O) groups is 2. The Morgan fingerprint density at radius 1 is 1.00 bits per heavy atom. The van der Waals surface area contributed by atoms with Crippen molar-refractivity contribution in [3.05, 3.63) is 64.3 Å². The van der Waals surface area contributed by atoms with Crippen molar-refractivity contribution in [2.24, 2.45) is 5.92 Å². The minimum Gasteiger partial charge on any atom is -0.480 e. The molecule has 0 saturated heterocycles. The largest absolute Gasteiger partial charge is 0.480 e. The molecule has 0 saturated carbocycles. The zero-order valence-corrected chi connectivity index (χ0v) is 23.8. The number of hydrogen-bond donors (Lipinski definition) is 5. The molecule has 0 aliphatic heterocycles. The summed E-state index contributed by atoms with van der Waals surface area (Å²) < 4.78 is 39.5. The summed E-state index contributed by atoms with van der Waals surface area (Å²) in [5.74, 6) is -0.955. The Labute approximate surface area is 246 Å². The molecule has 1 atom stereocenters. The normalized spacial score (nSPS) is 12.1. The van der Waals surface area contributed by atoms with Gasteiger partial charge in [0.25, 0.3) is 0 Å². The number of thiazole rings is 1. The lowest BCUT2D eigenvalue weighted by molar-refractivity contribution is -0.139. The number of hydrogen-bond acceptors (Lipinski definition) is 9. The summed E-state index contributed by atoms with van der Waals surface area (Å²) in [6.07, 6.45) is -3.12. The zero-order valence-electron chi connectivity index (χ0n) is 22.2. The summed E-state index contributed by atoms with van der Waals surface area (Å²) in [6.45, 7) is 5.29. The molecule has 4 rings (SSSR count). The number of carboxylic acid groups (broad SMARTS) is 1. The van der Waals surface area contributed by atoms with Crippen LogP contribution in [-0.2, 0) is 11.0 Å². The number of carboxylic acids is 1. The van der Waals surface area contributed by atoms with Crippen molar-refractivity contribution in [2.75, 3.05) is 21.3 Å². The van der Waals surface area contributed by atoms with Crippen LogP contribution in [0.15, 0.2) is 48.1 Å². The van der Waals surface area contributed by atoms with E-state index in [2.05, 4.69) is 41.2 Å². The van der Waals surface area contributed by atoms with Gasteiger partial charge in [-0.05, 0) is 48.7 Å². The number of nitrogens with zero attached hydrogens (tertiary/aromatic N) is 4. The molecule has 0 fully saturated rings. The van der Waals surface area contributed by atoms with E-state index in [-0.39, 0.29) is 29.3 Å². The number of urea groups is 1. The van der Waals surface area contributed by atoms with Gasteiger partial charge in [-0.1, -0.05) is 31.5 Å². The first kappa shape index (κ1) is 30.5. The summed E-state index contributed by atoms with van der Waals surface area (Å²) in [7, 11) is 0. The van der Waals surface area contributed by atoms with Gasteiger partial charge in [-0.3, -0.25) is 4.98 Å². The highest BCUT2D eigenvalue weighted by Gasteiger charge is 2.33. The van der Waals surface area contributed by atoms with E-state index in [0.717, 1.165) is 17.7 Å². The van der Waals surface area contributed by atoms with Gasteiger partial charge in [-0.25, -0.2) is 9.59 Å². The second-order valence-electron chi connectivity index (χ2n) is 9.30. The Bertz CT molecular complexity index is 1600. The quantitative estimate of drug-likeness (QED) is 0.135. The summed E-state index contributed by atoms with van der Waals surface area (Å²) >= 11 is 6.93. The van der Waals surface area contributed by atoms with Crippen LogP contribution in [0.4, 0.5) is 46.9 Å². The highest BCUT2D eigenvalue weighted by atomic mass is 35.5. The van der Waals surface area contributed by atoms with Crippen LogP contribution in [0.5, 0.6) is 0 Å². The third kappa shape index (κ3) is 7.61. The number of aryl methyl sites for hydroxylation is 1. The second-order valence-corrected chi connectivity index (χ2v) is 10.6. The van der Waals surface area contributed by atoms with Crippen molar-refractivity contribution in [3.8, 4) is 10.7 Å². The third-order valence-corrected chi connectivity index (χ3v) is 6.88. The molecule has 0 bridgehead atoms. The Hall–Kier alpha value is -4.50. The van der Waals surface area contributed by atoms with Gasteiger partial charge in [0, 0.05) is 23.3 Å². The van der Waals surface area contributed by atoms with E-state index in [1.54, 1.807) is 50.7 Å². The molecule has 0 radical (unpaired) electrons. The fourth-order valence-electron chi connectivity index (χ4n) is 3.65. The summed E-state index contributed by atoms with van der Waals surface area (Å²) in [6, 6.07) is 6.17. The Kier molecular flexibility index (Phi) is 9.11. The van der Waals surface area contributed by atoms with Crippen molar-refractivity contribution in [1.29, 1.82) is 0 Å². The average Bonchev–Trinajstić information content (AvgIpc) is 3.44. The molecule has 2 aromatic heterocycles. The smallest absolute Gasteiger partial charge is 0.417 e. The minimum atomic E-state index is -4.68. The number of alkyl halides is 3. The van der Waals surface area contributed by atoms with Crippen molar-refractivity contribution >= 4 is 63.9 Å². The molecule has 42 heavy (non-hydrogen) atoms. The highest BCUT2D eigenvalue weighted by molar-refractivity contribution is 7.13. The van der Waals surface area contributed by atoms with Crippen LogP contribution in [0.1, 0.15) is 25.0 Å². The van der Waals surface area contributed by atoms with E-state index in [1.165, 1.54) is 17.4 Å². The van der Waals surface area contributed by atoms with E-state index in [9.17, 15) is 27.9 Å². The average molecular weight is 621 g/mol. The maximum Gasteiger partial charge on any atom is 0.417 e. The van der Waals surface area contributed by atoms with Gasteiger partial charge in [0.05, 0.1) is 21.0 Å². The monoisotopic (exact) mass is 620 g/mol. The summed E-state index contributed by atoms with van der Waals surface area (Å²) in [5.41, 5.74) is 1.98. The SMILES string of the molecule is Cc1ccc(NC(=O)Nc2ccc(Cl)c(C(F)(F)F)c2)cc1Nc1nc(N[C@H](C(=O)O)C(C)C)nc(-c2cncs2)n1. The third-order valence-electron chi connectivity index (χ3n) is 5.78. The highest BCUT2D eigenvalue weighted by Crippen LogP contribution is 2.36. The fourth-order valence-corrected chi connectivity index (χ4v) is 4.43. The second kappa shape index (κ2) is 12.6. The van der Waals surface area contributed by atoms with Gasteiger partial charge in [0.1, 0.15) is 6.04 Å². The molecule has 2 aromatic carbocycles. The van der Waals surface area contributed by atoms with E-state index in [1.807, 2.05) is 0 Å². The topological polar surface area (TPSA) is 154 Å². The molecule has 0 aliphatic carbocycles. The van der Waals surface area contributed by atoms with Crippen LogP contribution in [0.3, 0.4) is 0 Å². The molecule has 0 unspecified atom stereocenters. The molecule has 4 aromatic rings. The van der Waals surface area contributed by atoms with Gasteiger partial charge in [0.15, 0.2) is 5.82 Å². The number of nitrogens with one attached hydrogen (secondary N) is 4. The van der Waals surface area contributed by atoms with Gasteiger partial charge in [0.2, 0.25) is 11.9 Å². The van der Waals surface area contributed by atoms with Crippen LogP contribution in [0, 0.1) is 12.8 Å². The van der Waals surface area contributed by atoms with Crippen LogP contribution in [0.2, 0.25) is 5.02 Å². The number of aromatic nitrogens is 4. The molecular weight excluding hydrogens is 597 g/mol. The number of halogens is 4. The van der Waals surface area contributed by atoms with E-state index in [4.69, 9.17) is 11.6 Å². The summed E-state index contributed by atoms with van der Waals surface area (Å²) in [4.78, 5) is 42.1. The predicted molar refractivity (Wildman–Crippen MR) is 154 cm³/mol. The molecular formula is C26H24ClF3N8O3S. The number of anilines is 5. The molecule has 11 nitrogen and oxygen atoms in total. The fraction of sp³-hybridized carbons (Fsp3) is 0.231. The maximum atomic E-state index is 13.2. The standard InChI is InChI=1S/C26H24ClF3N8O3S/c1-12(2)20(22(39)40)35-24-37-21(19-10-31-11-42-19)36-23(38-24)34-18-9-15(5-4-13(18)3)33-25(41)32-14-6-7-17(27)16(8-14)26(28,29)30/h4-12,20H,1-3H3,(H,39,40)(H2,32,33,41)(H2,34,35,36,37,38)/t20-/m0/s1. The van der Waals surface area contributed by atoms with Gasteiger partial charge in [-0.15, -0.1) is 11.3 Å². The first-order valence-corrected chi connectivity index (χ1v) is 13.5. The van der Waals surface area contributed by atoms with Gasteiger partial charge in [-0.2, -0.15) is 28.1 Å². The Balaban J connectivity index is 1.57. The number of carbonyl (C=O) groups excluding carboxylic acids is 1. The number of rotatable bonds is 9.